The summed E-state index contributed by atoms with van der Waals surface area (Å²) in [7, 11) is 0. The van der Waals surface area contributed by atoms with E-state index in [1.807, 2.05) is 13.8 Å². The lowest BCUT2D eigenvalue weighted by Crippen LogP contribution is -2.27. The van der Waals surface area contributed by atoms with Gasteiger partial charge < -0.3 is 10.4 Å². The molecule has 0 bridgehead atoms. The minimum atomic E-state index is -0.451. The molecular weight excluding hydrogens is 217 g/mol. The van der Waals surface area contributed by atoms with Gasteiger partial charge in [0.25, 0.3) is 0 Å². The third-order valence-corrected chi connectivity index (χ3v) is 2.43. The molecule has 0 spiro atoms. The summed E-state index contributed by atoms with van der Waals surface area (Å²) >= 11 is 5.63. The van der Waals surface area contributed by atoms with Crippen molar-refractivity contribution in [3.63, 3.8) is 0 Å². The van der Waals surface area contributed by atoms with Crippen molar-refractivity contribution in [3.05, 3.63) is 29.0 Å². The summed E-state index contributed by atoms with van der Waals surface area (Å²) in [5, 5.41) is 12.1. The van der Waals surface area contributed by atoms with E-state index in [1.165, 1.54) is 6.07 Å². The summed E-state index contributed by atoms with van der Waals surface area (Å²) in [6, 6.07) is 4.80. The van der Waals surface area contributed by atoms with Crippen LogP contribution in [0.25, 0.3) is 0 Å². The quantitative estimate of drug-likeness (QED) is 0.835. The van der Waals surface area contributed by atoms with E-state index in [9.17, 15) is 4.39 Å². The number of hydrogen-bond acceptors (Lipinski definition) is 2. The first-order valence-electron chi connectivity index (χ1n) is 4.75. The third-order valence-electron chi connectivity index (χ3n) is 2.14. The lowest BCUT2D eigenvalue weighted by molar-refractivity contribution is 0.170. The maximum atomic E-state index is 13.4. The number of benzene rings is 1. The molecule has 0 fully saturated rings. The summed E-state index contributed by atoms with van der Waals surface area (Å²) in [6.07, 6.45) is 0. The molecule has 0 heterocycles. The lowest BCUT2D eigenvalue weighted by atomic mass is 9.95. The van der Waals surface area contributed by atoms with Gasteiger partial charge in [0.2, 0.25) is 0 Å². The van der Waals surface area contributed by atoms with E-state index >= 15 is 0 Å². The molecule has 0 amide bonds. The van der Waals surface area contributed by atoms with Gasteiger partial charge in [-0.25, -0.2) is 4.39 Å². The van der Waals surface area contributed by atoms with Gasteiger partial charge in [-0.1, -0.05) is 31.5 Å². The van der Waals surface area contributed by atoms with Crippen LogP contribution in [0.15, 0.2) is 18.2 Å². The van der Waals surface area contributed by atoms with Crippen LogP contribution in [0.3, 0.4) is 0 Å². The van der Waals surface area contributed by atoms with Gasteiger partial charge in [0.05, 0.1) is 10.7 Å². The van der Waals surface area contributed by atoms with E-state index in [-0.39, 0.29) is 17.0 Å². The van der Waals surface area contributed by atoms with Crippen LogP contribution < -0.4 is 5.32 Å². The predicted molar refractivity (Wildman–Crippen MR) is 60.8 cm³/mol. The molecule has 0 saturated heterocycles. The summed E-state index contributed by atoms with van der Waals surface area (Å²) in [5.41, 5.74) is 0.0819. The van der Waals surface area contributed by atoms with Gasteiger partial charge in [-0.2, -0.15) is 0 Å². The van der Waals surface area contributed by atoms with Gasteiger partial charge in [-0.15, -0.1) is 0 Å². The molecule has 0 saturated carbocycles. The highest BCUT2D eigenvalue weighted by molar-refractivity contribution is 6.31. The number of nitrogens with one attached hydrogen (secondary N) is 1. The molecule has 84 valence electrons. The van der Waals surface area contributed by atoms with Crippen molar-refractivity contribution in [2.75, 3.05) is 18.5 Å². The highest BCUT2D eigenvalue weighted by Crippen LogP contribution is 2.23. The molecular formula is C11H15ClFNO. The van der Waals surface area contributed by atoms with E-state index in [2.05, 4.69) is 5.32 Å². The number of hydrogen-bond donors (Lipinski definition) is 2. The number of anilines is 1. The van der Waals surface area contributed by atoms with Gasteiger partial charge in [0.1, 0.15) is 0 Å². The Kier molecular flexibility index (Phi) is 3.94. The lowest BCUT2D eigenvalue weighted by Gasteiger charge is -2.22. The van der Waals surface area contributed by atoms with Crippen molar-refractivity contribution in [2.45, 2.75) is 13.8 Å². The maximum Gasteiger partial charge on any atom is 0.164 e. The molecule has 0 aromatic heterocycles. The van der Waals surface area contributed by atoms with Gasteiger partial charge >= 0.3 is 0 Å². The van der Waals surface area contributed by atoms with Crippen LogP contribution in [0.5, 0.6) is 0 Å². The van der Waals surface area contributed by atoms with E-state index in [4.69, 9.17) is 16.7 Å². The molecule has 0 aliphatic heterocycles. The predicted octanol–water partition coefficient (Wildman–Crippen LogP) is 2.91. The molecule has 15 heavy (non-hydrogen) atoms. The molecule has 1 aromatic carbocycles. The minimum absolute atomic E-state index is 0.0438. The molecule has 2 N–H and O–H groups in total. The van der Waals surface area contributed by atoms with Crippen molar-refractivity contribution in [1.29, 1.82) is 0 Å². The topological polar surface area (TPSA) is 32.3 Å². The second-order valence-electron chi connectivity index (χ2n) is 4.28. The Morgan fingerprint density at radius 1 is 1.47 bits per heavy atom. The fourth-order valence-corrected chi connectivity index (χ4v) is 1.21. The highest BCUT2D eigenvalue weighted by Gasteiger charge is 2.17. The van der Waals surface area contributed by atoms with E-state index in [0.29, 0.717) is 12.2 Å². The molecule has 1 rings (SSSR count). The first-order chi connectivity index (χ1) is 6.96. The van der Waals surface area contributed by atoms with Crippen LogP contribution in [-0.2, 0) is 0 Å². The van der Waals surface area contributed by atoms with E-state index < -0.39 is 5.82 Å². The molecule has 0 aliphatic carbocycles. The van der Waals surface area contributed by atoms with Crippen LogP contribution in [0.4, 0.5) is 10.1 Å². The Bertz CT molecular complexity index is 341. The molecule has 4 heteroatoms. The Morgan fingerprint density at radius 2 is 2.13 bits per heavy atom. The summed E-state index contributed by atoms with van der Waals surface area (Å²) in [5.74, 6) is -0.451. The van der Waals surface area contributed by atoms with Crippen LogP contribution in [0.2, 0.25) is 5.02 Å². The smallest absolute Gasteiger partial charge is 0.164 e. The average Bonchev–Trinajstić information content (AvgIpc) is 2.20. The maximum absolute atomic E-state index is 13.4. The zero-order valence-corrected chi connectivity index (χ0v) is 9.61. The van der Waals surface area contributed by atoms with Crippen LogP contribution in [0, 0.1) is 11.2 Å². The van der Waals surface area contributed by atoms with E-state index in [1.54, 1.807) is 12.1 Å². The third kappa shape index (κ3) is 3.36. The highest BCUT2D eigenvalue weighted by atomic mass is 35.5. The summed E-state index contributed by atoms with van der Waals surface area (Å²) in [4.78, 5) is 0. The number of aliphatic hydroxyl groups is 1. The Labute approximate surface area is 94.1 Å². The molecule has 1 aromatic rings. The molecule has 0 atom stereocenters. The molecule has 0 aliphatic rings. The summed E-state index contributed by atoms with van der Waals surface area (Å²) < 4.78 is 13.4. The molecule has 0 radical (unpaired) electrons. The molecule has 0 unspecified atom stereocenters. The van der Waals surface area contributed by atoms with Gasteiger partial charge in [-0.05, 0) is 12.1 Å². The Hall–Kier alpha value is -0.800. The van der Waals surface area contributed by atoms with Crippen LogP contribution in [0.1, 0.15) is 13.8 Å². The Balaban J connectivity index is 2.70. The monoisotopic (exact) mass is 231 g/mol. The average molecular weight is 232 g/mol. The normalized spacial score (nSPS) is 11.5. The first kappa shape index (κ1) is 12.3. The Morgan fingerprint density at radius 3 is 2.73 bits per heavy atom. The standard InChI is InChI=1S/C11H15ClFNO/c1-11(2,7-15)6-14-9-5-3-4-8(12)10(9)13/h3-5,14-15H,6-7H2,1-2H3. The second-order valence-corrected chi connectivity index (χ2v) is 4.68. The van der Waals surface area contributed by atoms with Crippen LogP contribution >= 0.6 is 11.6 Å². The van der Waals surface area contributed by atoms with Gasteiger partial charge in [-0.3, -0.25) is 0 Å². The zero-order chi connectivity index (χ0) is 11.5. The largest absolute Gasteiger partial charge is 0.396 e. The van der Waals surface area contributed by atoms with Crippen molar-refractivity contribution >= 4 is 17.3 Å². The fraction of sp³-hybridized carbons (Fsp3) is 0.455. The second kappa shape index (κ2) is 4.81. The number of rotatable bonds is 4. The van der Waals surface area contributed by atoms with Crippen LogP contribution in [-0.4, -0.2) is 18.3 Å². The molecule has 2 nitrogen and oxygen atoms in total. The number of aliphatic hydroxyl groups excluding tert-OH is 1. The van der Waals surface area contributed by atoms with Crippen molar-refractivity contribution in [3.8, 4) is 0 Å². The van der Waals surface area contributed by atoms with Crippen molar-refractivity contribution in [2.24, 2.45) is 5.41 Å². The van der Waals surface area contributed by atoms with Crippen molar-refractivity contribution in [1.82, 2.24) is 0 Å². The zero-order valence-electron chi connectivity index (χ0n) is 8.85. The minimum Gasteiger partial charge on any atom is -0.396 e. The first-order valence-corrected chi connectivity index (χ1v) is 5.13. The fourth-order valence-electron chi connectivity index (χ4n) is 1.03. The summed E-state index contributed by atoms with van der Waals surface area (Å²) in [6.45, 7) is 4.31. The van der Waals surface area contributed by atoms with Crippen molar-refractivity contribution < 1.29 is 9.50 Å². The van der Waals surface area contributed by atoms with Gasteiger partial charge in [0.15, 0.2) is 5.82 Å². The van der Waals surface area contributed by atoms with Gasteiger partial charge in [0, 0.05) is 18.6 Å². The van der Waals surface area contributed by atoms with E-state index in [0.717, 1.165) is 0 Å². The SMILES string of the molecule is CC(C)(CO)CNc1cccc(Cl)c1F. The number of halogens is 2.